The fraction of sp³-hybridized carbons (Fsp3) is 0.613. The van der Waals surface area contributed by atoms with Crippen molar-refractivity contribution < 1.29 is 10.2 Å². The Kier molecular flexibility index (Phi) is 11.1. The van der Waals surface area contributed by atoms with Crippen LogP contribution in [0.15, 0.2) is 24.3 Å². The lowest BCUT2D eigenvalue weighted by Gasteiger charge is -2.27. The highest BCUT2D eigenvalue weighted by atomic mass is 27.0. The van der Waals surface area contributed by atoms with Gasteiger partial charge in [0.2, 0.25) is 16.3 Å². The molecule has 0 bridgehead atoms. The number of aryl methyl sites for hydroxylation is 2. The fourth-order valence-corrected chi connectivity index (χ4v) is 3.84. The Morgan fingerprint density at radius 2 is 0.588 bits per heavy atom. The topological polar surface area (TPSA) is 40.5 Å². The van der Waals surface area contributed by atoms with Crippen molar-refractivity contribution in [2.24, 2.45) is 0 Å². The van der Waals surface area contributed by atoms with Crippen LogP contribution in [0, 0.1) is 13.8 Å². The van der Waals surface area contributed by atoms with Gasteiger partial charge in [-0.05, 0) is 57.8 Å². The minimum Gasteiger partial charge on any atom is -0.507 e. The monoisotopic (exact) mass is 484 g/mol. The molecule has 2 aromatic carbocycles. The zero-order valence-electron chi connectivity index (χ0n) is 25.2. The standard InChI is InChI=1S/2C15H24O.CH3.Al.2H/c2*1-10-8-11(14(2,3)4)13(16)12(9-10)15(5,6)7;;;;/h2*8-9,16H,1-7H3;1H3;;;. The predicted octanol–water partition coefficient (Wildman–Crippen LogP) is 8.26. The minimum atomic E-state index is -0.0178. The van der Waals surface area contributed by atoms with Crippen molar-refractivity contribution in [1.82, 2.24) is 0 Å². The molecule has 0 fully saturated rings. The van der Waals surface area contributed by atoms with E-state index in [1.165, 1.54) is 27.4 Å². The SMILES string of the molecule is Cc1cc(C(C)(C)C)c(O)c(C(C)(C)C)c1.Cc1cc(C(C)(C)C)c(O)c(C(C)(C)C)c1.[CH3][AlH2]. The van der Waals surface area contributed by atoms with Crippen LogP contribution in [0.1, 0.15) is 116 Å². The van der Waals surface area contributed by atoms with Gasteiger partial charge in [-0.15, -0.1) is 5.79 Å². The van der Waals surface area contributed by atoms with Crippen molar-refractivity contribution in [3.05, 3.63) is 57.6 Å². The third-order valence-electron chi connectivity index (χ3n) is 5.74. The first-order valence-electron chi connectivity index (χ1n) is 12.8. The third-order valence-corrected chi connectivity index (χ3v) is 5.74. The summed E-state index contributed by atoms with van der Waals surface area (Å²) >= 11 is 1.31. The second kappa shape index (κ2) is 11.5. The summed E-state index contributed by atoms with van der Waals surface area (Å²) in [4.78, 5) is 0. The first-order chi connectivity index (χ1) is 15.1. The second-order valence-electron chi connectivity index (χ2n) is 13.4. The van der Waals surface area contributed by atoms with Gasteiger partial charge in [0.1, 0.15) is 11.5 Å². The maximum absolute atomic E-state index is 10.4. The molecule has 0 heterocycles. The van der Waals surface area contributed by atoms with Crippen LogP contribution in [0.25, 0.3) is 0 Å². The van der Waals surface area contributed by atoms with E-state index in [9.17, 15) is 10.2 Å². The first-order valence-corrected chi connectivity index (χ1v) is 14.8. The molecule has 0 atom stereocenters. The summed E-state index contributed by atoms with van der Waals surface area (Å²) in [6, 6.07) is 8.35. The zero-order chi connectivity index (χ0) is 27.4. The van der Waals surface area contributed by atoms with Crippen LogP contribution >= 0.6 is 0 Å². The van der Waals surface area contributed by atoms with Crippen LogP contribution in [0.2, 0.25) is 5.79 Å². The Bertz CT molecular complexity index is 794. The van der Waals surface area contributed by atoms with E-state index in [4.69, 9.17) is 0 Å². The van der Waals surface area contributed by atoms with Gasteiger partial charge in [0.05, 0.1) is 0 Å². The zero-order valence-corrected chi connectivity index (χ0v) is 27.2. The van der Waals surface area contributed by atoms with Gasteiger partial charge in [-0.3, -0.25) is 0 Å². The number of hydrogen-bond acceptors (Lipinski definition) is 2. The quantitative estimate of drug-likeness (QED) is 0.369. The van der Waals surface area contributed by atoms with Crippen LogP contribution in [0.3, 0.4) is 0 Å². The second-order valence-corrected chi connectivity index (χ2v) is 13.4. The molecule has 0 aromatic heterocycles. The lowest BCUT2D eigenvalue weighted by molar-refractivity contribution is 0.422. The molecular weight excluding hydrogens is 431 g/mol. The summed E-state index contributed by atoms with van der Waals surface area (Å²) < 4.78 is 0. The fourth-order valence-electron chi connectivity index (χ4n) is 3.84. The largest absolute Gasteiger partial charge is 0.507 e. The van der Waals surface area contributed by atoms with E-state index in [-0.39, 0.29) is 21.7 Å². The Morgan fingerprint density at radius 1 is 0.441 bits per heavy atom. The number of hydrogen-bond donors (Lipinski definition) is 2. The van der Waals surface area contributed by atoms with Crippen molar-refractivity contribution in [3.8, 4) is 11.5 Å². The third kappa shape index (κ3) is 8.98. The predicted molar refractivity (Wildman–Crippen MR) is 155 cm³/mol. The molecule has 0 radical (unpaired) electrons. The molecule has 0 aliphatic rings. The van der Waals surface area contributed by atoms with Crippen molar-refractivity contribution in [1.29, 1.82) is 0 Å². The molecule has 0 saturated carbocycles. The Labute approximate surface area is 219 Å². The number of aromatic hydroxyl groups is 2. The first kappa shape index (κ1) is 32.6. The number of phenolic OH excluding ortho intramolecular Hbond substituents is 2. The molecule has 192 valence electrons. The van der Waals surface area contributed by atoms with Gasteiger partial charge in [-0.25, -0.2) is 0 Å². The van der Waals surface area contributed by atoms with Crippen LogP contribution in [-0.2, 0) is 21.7 Å². The van der Waals surface area contributed by atoms with E-state index in [0.717, 1.165) is 22.3 Å². The summed E-state index contributed by atoms with van der Waals surface area (Å²) in [5, 5.41) is 20.8. The summed E-state index contributed by atoms with van der Waals surface area (Å²) in [5.74, 6) is 3.07. The molecule has 34 heavy (non-hydrogen) atoms. The van der Waals surface area contributed by atoms with Crippen LogP contribution in [0.4, 0.5) is 0 Å². The van der Waals surface area contributed by atoms with Crippen molar-refractivity contribution in [2.45, 2.75) is 124 Å². The summed E-state index contributed by atoms with van der Waals surface area (Å²) in [5.41, 5.74) is 6.52. The average Bonchev–Trinajstić information content (AvgIpc) is 2.63. The lowest BCUT2D eigenvalue weighted by atomic mass is 9.78. The van der Waals surface area contributed by atoms with Crippen molar-refractivity contribution in [2.75, 3.05) is 0 Å². The Hall–Kier alpha value is -1.43. The van der Waals surface area contributed by atoms with E-state index < -0.39 is 0 Å². The number of benzene rings is 2. The molecule has 2 aromatic rings. The van der Waals surface area contributed by atoms with Crippen LogP contribution in [0.5, 0.6) is 11.5 Å². The van der Waals surface area contributed by atoms with Crippen molar-refractivity contribution in [3.63, 3.8) is 0 Å². The van der Waals surface area contributed by atoms with Gasteiger partial charge in [0.15, 0.2) is 0 Å². The van der Waals surface area contributed by atoms with Gasteiger partial charge in [-0.1, -0.05) is 118 Å². The summed E-state index contributed by atoms with van der Waals surface area (Å²) in [7, 11) is 0. The molecule has 0 aliphatic heterocycles. The molecule has 0 saturated heterocycles. The maximum atomic E-state index is 10.4. The molecular formula is C31H53AlO2. The molecule has 3 heteroatoms. The molecule has 0 aliphatic carbocycles. The van der Waals surface area contributed by atoms with E-state index in [2.05, 4.69) is 127 Å². The maximum Gasteiger partial charge on any atom is 0.207 e. The molecule has 2 nitrogen and oxygen atoms in total. The van der Waals surface area contributed by atoms with E-state index >= 15 is 0 Å². The highest BCUT2D eigenvalue weighted by molar-refractivity contribution is 6.05. The molecule has 2 N–H and O–H groups in total. The van der Waals surface area contributed by atoms with E-state index in [1.807, 2.05) is 0 Å². The lowest BCUT2D eigenvalue weighted by Crippen LogP contribution is -2.17. The number of rotatable bonds is 0. The van der Waals surface area contributed by atoms with Gasteiger partial charge in [-0.2, -0.15) is 0 Å². The highest BCUT2D eigenvalue weighted by Crippen LogP contribution is 2.40. The highest BCUT2D eigenvalue weighted by Gasteiger charge is 2.26. The molecule has 0 amide bonds. The van der Waals surface area contributed by atoms with Gasteiger partial charge < -0.3 is 10.2 Å². The van der Waals surface area contributed by atoms with Gasteiger partial charge >= 0.3 is 0 Å². The Morgan fingerprint density at radius 3 is 0.706 bits per heavy atom. The van der Waals surface area contributed by atoms with Gasteiger partial charge in [0, 0.05) is 0 Å². The Balaban J connectivity index is 0.000000597. The number of phenols is 2. The summed E-state index contributed by atoms with van der Waals surface area (Å²) in [6.45, 7) is 29.8. The molecule has 2 rings (SSSR count). The minimum absolute atomic E-state index is 0.0178. The average molecular weight is 485 g/mol. The van der Waals surface area contributed by atoms with E-state index in [1.54, 1.807) is 0 Å². The van der Waals surface area contributed by atoms with Crippen LogP contribution in [-0.4, -0.2) is 26.5 Å². The van der Waals surface area contributed by atoms with E-state index in [0.29, 0.717) is 11.5 Å². The van der Waals surface area contributed by atoms with Crippen molar-refractivity contribution >= 4 is 16.3 Å². The van der Waals surface area contributed by atoms with Gasteiger partial charge in [0.25, 0.3) is 0 Å². The smallest absolute Gasteiger partial charge is 0.207 e. The normalized spacial score (nSPS) is 12.3. The molecule has 0 spiro atoms. The summed E-state index contributed by atoms with van der Waals surface area (Å²) in [6.07, 6.45) is 0. The van der Waals surface area contributed by atoms with Crippen LogP contribution < -0.4 is 0 Å². The molecule has 0 unspecified atom stereocenters.